The summed E-state index contributed by atoms with van der Waals surface area (Å²) in [5, 5.41) is 16.6. The second kappa shape index (κ2) is 6.18. The minimum atomic E-state index is -2.14. The number of carbonyl (C=O) groups excluding carboxylic acids is 1. The van der Waals surface area contributed by atoms with Gasteiger partial charge in [0.1, 0.15) is 11.3 Å². The normalized spacial score (nSPS) is 11.8. The predicted molar refractivity (Wildman–Crippen MR) is 61.2 cm³/mol. The quantitative estimate of drug-likeness (QED) is 0.170. The molecule has 0 aromatic heterocycles. The van der Waals surface area contributed by atoms with Gasteiger partial charge in [-0.05, 0) is 13.0 Å². The molecule has 1 aromatic rings. The minimum Gasteiger partial charge on any atom is -0.506 e. The molecule has 8 heteroatoms. The van der Waals surface area contributed by atoms with Crippen molar-refractivity contribution < 1.29 is 32.2 Å². The number of ether oxygens (including phenoxy) is 1. The molecule has 0 radical (unpaired) electrons. The van der Waals surface area contributed by atoms with E-state index in [4.69, 9.17) is 5.41 Å². The van der Waals surface area contributed by atoms with Crippen LogP contribution < -0.4 is 0 Å². The number of carbonyl (C=O) groups is 1. The van der Waals surface area contributed by atoms with E-state index in [1.54, 1.807) is 0 Å². The Balaban J connectivity index is 3.50. The summed E-state index contributed by atoms with van der Waals surface area (Å²) in [5.41, 5.74) is -1.91. The Morgan fingerprint density at radius 2 is 1.90 bits per heavy atom. The van der Waals surface area contributed by atoms with Crippen LogP contribution in [-0.2, 0) is 9.53 Å². The SMILES string of the molecule is CCOC(=O)C(C=N)=C(O)c1cc(F)c(F)c(F)c1F. The van der Waals surface area contributed by atoms with Crippen molar-refractivity contribution in [3.63, 3.8) is 0 Å². The van der Waals surface area contributed by atoms with Crippen LogP contribution in [-0.4, -0.2) is 23.9 Å². The molecule has 108 valence electrons. The third kappa shape index (κ3) is 2.79. The van der Waals surface area contributed by atoms with Crippen LogP contribution in [0.5, 0.6) is 0 Å². The number of hydrogen-bond donors (Lipinski definition) is 2. The van der Waals surface area contributed by atoms with Crippen LogP contribution in [0.1, 0.15) is 12.5 Å². The summed E-state index contributed by atoms with van der Waals surface area (Å²) in [6, 6.07) is 0.172. The van der Waals surface area contributed by atoms with Gasteiger partial charge in [0.15, 0.2) is 23.3 Å². The number of benzene rings is 1. The second-order valence-corrected chi connectivity index (χ2v) is 3.47. The Labute approximate surface area is 110 Å². The largest absolute Gasteiger partial charge is 0.506 e. The van der Waals surface area contributed by atoms with Gasteiger partial charge in [0.25, 0.3) is 0 Å². The third-order valence-corrected chi connectivity index (χ3v) is 2.25. The zero-order valence-corrected chi connectivity index (χ0v) is 10.1. The van der Waals surface area contributed by atoms with Crippen LogP contribution in [0.25, 0.3) is 5.76 Å². The number of esters is 1. The van der Waals surface area contributed by atoms with Crippen molar-refractivity contribution in [2.24, 2.45) is 0 Å². The number of rotatable bonds is 4. The van der Waals surface area contributed by atoms with Crippen molar-refractivity contribution in [3.8, 4) is 0 Å². The maximum Gasteiger partial charge on any atom is 0.343 e. The topological polar surface area (TPSA) is 70.4 Å². The monoisotopic (exact) mass is 291 g/mol. The fourth-order valence-electron chi connectivity index (χ4n) is 1.32. The molecular weight excluding hydrogens is 282 g/mol. The first-order chi connectivity index (χ1) is 9.34. The van der Waals surface area contributed by atoms with Gasteiger partial charge >= 0.3 is 5.97 Å². The summed E-state index contributed by atoms with van der Waals surface area (Å²) in [6.07, 6.45) is 0.325. The molecule has 20 heavy (non-hydrogen) atoms. The van der Waals surface area contributed by atoms with E-state index in [1.807, 2.05) is 0 Å². The third-order valence-electron chi connectivity index (χ3n) is 2.25. The van der Waals surface area contributed by atoms with Gasteiger partial charge < -0.3 is 15.3 Å². The van der Waals surface area contributed by atoms with Crippen LogP contribution in [0, 0.1) is 28.7 Å². The number of nitrogens with one attached hydrogen (secondary N) is 1. The summed E-state index contributed by atoms with van der Waals surface area (Å²) < 4.78 is 56.7. The molecule has 1 aromatic carbocycles. The lowest BCUT2D eigenvalue weighted by Crippen LogP contribution is -2.12. The number of halogens is 4. The fourth-order valence-corrected chi connectivity index (χ4v) is 1.32. The summed E-state index contributed by atoms with van der Waals surface area (Å²) in [6.45, 7) is 1.34. The Hall–Kier alpha value is -2.38. The summed E-state index contributed by atoms with van der Waals surface area (Å²) >= 11 is 0. The Morgan fingerprint density at radius 3 is 2.40 bits per heavy atom. The lowest BCUT2D eigenvalue weighted by Gasteiger charge is -2.08. The lowest BCUT2D eigenvalue weighted by atomic mass is 10.1. The van der Waals surface area contributed by atoms with E-state index in [2.05, 4.69) is 4.74 Å². The zero-order chi connectivity index (χ0) is 15.4. The zero-order valence-electron chi connectivity index (χ0n) is 10.1. The van der Waals surface area contributed by atoms with E-state index < -0.39 is 46.1 Å². The predicted octanol–water partition coefficient (Wildman–Crippen LogP) is 2.72. The highest BCUT2D eigenvalue weighted by Gasteiger charge is 2.24. The van der Waals surface area contributed by atoms with Gasteiger partial charge in [0.05, 0.1) is 12.2 Å². The number of hydrogen-bond acceptors (Lipinski definition) is 4. The molecule has 2 N–H and O–H groups in total. The smallest absolute Gasteiger partial charge is 0.343 e. The minimum absolute atomic E-state index is 0.0991. The van der Waals surface area contributed by atoms with Crippen molar-refractivity contribution in [1.29, 1.82) is 5.41 Å². The van der Waals surface area contributed by atoms with Gasteiger partial charge in [-0.25, -0.2) is 22.4 Å². The maximum atomic E-state index is 13.4. The Morgan fingerprint density at radius 1 is 1.30 bits per heavy atom. The van der Waals surface area contributed by atoms with Crippen molar-refractivity contribution in [1.82, 2.24) is 0 Å². The van der Waals surface area contributed by atoms with E-state index in [0.717, 1.165) is 0 Å². The van der Waals surface area contributed by atoms with Crippen LogP contribution in [0.2, 0.25) is 0 Å². The van der Waals surface area contributed by atoms with Gasteiger partial charge in [0.2, 0.25) is 0 Å². The van der Waals surface area contributed by atoms with Crippen LogP contribution in [0.15, 0.2) is 11.6 Å². The van der Waals surface area contributed by atoms with Crippen molar-refractivity contribution in [2.45, 2.75) is 6.92 Å². The molecule has 0 unspecified atom stereocenters. The van der Waals surface area contributed by atoms with Crippen molar-refractivity contribution in [2.75, 3.05) is 6.61 Å². The first-order valence-corrected chi connectivity index (χ1v) is 5.29. The maximum absolute atomic E-state index is 13.4. The molecule has 0 aliphatic heterocycles. The highest BCUT2D eigenvalue weighted by molar-refractivity contribution is 6.14. The molecule has 0 spiro atoms. The van der Waals surface area contributed by atoms with Crippen LogP contribution in [0.4, 0.5) is 17.6 Å². The first-order valence-electron chi connectivity index (χ1n) is 5.29. The van der Waals surface area contributed by atoms with Gasteiger partial charge in [-0.1, -0.05) is 0 Å². The molecule has 0 aliphatic carbocycles. The molecule has 0 atom stereocenters. The molecular formula is C12H9F4NO3. The lowest BCUT2D eigenvalue weighted by molar-refractivity contribution is -0.137. The highest BCUT2D eigenvalue weighted by Crippen LogP contribution is 2.25. The summed E-state index contributed by atoms with van der Waals surface area (Å²) in [7, 11) is 0. The molecule has 0 aliphatic rings. The average Bonchev–Trinajstić information content (AvgIpc) is 2.41. The second-order valence-electron chi connectivity index (χ2n) is 3.47. The Kier molecular flexibility index (Phi) is 4.84. The first kappa shape index (κ1) is 15.7. The summed E-state index contributed by atoms with van der Waals surface area (Å²) in [5.74, 6) is -10.2. The standard InChI is InChI=1S/C12H9F4NO3/c1-2-20-12(19)6(4-17)11(18)5-3-7(13)9(15)10(16)8(5)14/h3-4,17-18H,2H2,1H3. The molecule has 0 amide bonds. The van der Waals surface area contributed by atoms with Gasteiger partial charge in [-0.2, -0.15) is 0 Å². The van der Waals surface area contributed by atoms with Gasteiger partial charge in [-0.3, -0.25) is 0 Å². The van der Waals surface area contributed by atoms with E-state index in [0.29, 0.717) is 6.21 Å². The highest BCUT2D eigenvalue weighted by atomic mass is 19.2. The molecule has 0 saturated carbocycles. The van der Waals surface area contributed by atoms with Crippen LogP contribution >= 0.6 is 0 Å². The van der Waals surface area contributed by atoms with E-state index >= 15 is 0 Å². The summed E-state index contributed by atoms with van der Waals surface area (Å²) in [4.78, 5) is 11.4. The average molecular weight is 291 g/mol. The molecule has 0 fully saturated rings. The van der Waals surface area contributed by atoms with Gasteiger partial charge in [-0.15, -0.1) is 0 Å². The van der Waals surface area contributed by atoms with E-state index in [-0.39, 0.29) is 12.7 Å². The molecule has 0 bridgehead atoms. The van der Waals surface area contributed by atoms with Crippen LogP contribution in [0.3, 0.4) is 0 Å². The van der Waals surface area contributed by atoms with E-state index in [1.165, 1.54) is 6.92 Å². The molecule has 0 saturated heterocycles. The fraction of sp³-hybridized carbons (Fsp3) is 0.167. The molecule has 1 rings (SSSR count). The van der Waals surface area contributed by atoms with Gasteiger partial charge in [0, 0.05) is 6.21 Å². The number of aliphatic hydroxyl groups excluding tert-OH is 1. The van der Waals surface area contributed by atoms with Crippen molar-refractivity contribution in [3.05, 3.63) is 40.5 Å². The molecule has 4 nitrogen and oxygen atoms in total. The Bertz CT molecular complexity index is 599. The van der Waals surface area contributed by atoms with Crippen molar-refractivity contribution >= 4 is 17.9 Å². The molecule has 0 heterocycles. The number of aliphatic hydroxyl groups is 1. The van der Waals surface area contributed by atoms with E-state index in [9.17, 15) is 27.5 Å².